The molecule has 4 aromatic rings. The minimum absolute atomic E-state index is 0.00424. The summed E-state index contributed by atoms with van der Waals surface area (Å²) < 4.78 is 61.2. The van der Waals surface area contributed by atoms with E-state index in [-0.39, 0.29) is 42.7 Å². The number of carbonyl (C=O) groups is 3. The van der Waals surface area contributed by atoms with Crippen molar-refractivity contribution >= 4 is 42.4 Å². The summed E-state index contributed by atoms with van der Waals surface area (Å²) >= 11 is 0. The van der Waals surface area contributed by atoms with Crippen molar-refractivity contribution in [3.8, 4) is 5.75 Å². The average molecular weight is 826 g/mol. The molecule has 1 aliphatic heterocycles. The number of unbranched alkanes of at least 4 members (excludes halogenated alkanes) is 2. The van der Waals surface area contributed by atoms with Crippen molar-refractivity contribution in [3.63, 3.8) is 0 Å². The Kier molecular flexibility index (Phi) is 16.5. The largest absolute Gasteiger partial charge is 0.509 e. The molecule has 1 aliphatic rings. The highest BCUT2D eigenvalue weighted by molar-refractivity contribution is 7.48. The first-order valence-corrected chi connectivity index (χ1v) is 20.8. The third-order valence-corrected chi connectivity index (χ3v) is 10.6. The SMILES string of the molecule is CCCCOP(=O)(OCCCC)O[C@H]1[C@H](O)[C@@H](COC(=O)c2ccccc2N)O[C@@H](Oc2ccc3[nH]cc(CCNC(C)=O)c3c2)[C@@H]1OC(=O)OCc1ccccc1. The number of nitrogens with one attached hydrogen (secondary N) is 2. The van der Waals surface area contributed by atoms with Crippen molar-refractivity contribution in [1.29, 1.82) is 0 Å². The number of ether oxygens (including phenoxy) is 5. The molecular formula is C41H52N3O13P. The molecule has 58 heavy (non-hydrogen) atoms. The maximum absolute atomic E-state index is 14.3. The highest BCUT2D eigenvalue weighted by Gasteiger charge is 2.53. The molecule has 5 N–H and O–H groups in total. The van der Waals surface area contributed by atoms with Gasteiger partial charge >= 0.3 is 19.9 Å². The molecule has 0 radical (unpaired) electrons. The zero-order valence-corrected chi connectivity index (χ0v) is 33.7. The number of para-hydroxylation sites is 1. The summed E-state index contributed by atoms with van der Waals surface area (Å²) in [6.07, 6.45) is -4.48. The van der Waals surface area contributed by atoms with E-state index in [0.29, 0.717) is 44.2 Å². The Morgan fingerprint density at radius 3 is 2.33 bits per heavy atom. The van der Waals surface area contributed by atoms with E-state index in [0.717, 1.165) is 16.5 Å². The first-order valence-electron chi connectivity index (χ1n) is 19.3. The van der Waals surface area contributed by atoms with E-state index in [1.807, 2.05) is 26.1 Å². The van der Waals surface area contributed by atoms with Crippen LogP contribution < -0.4 is 15.8 Å². The number of phosphoric acid groups is 1. The second-order valence-electron chi connectivity index (χ2n) is 13.6. The summed E-state index contributed by atoms with van der Waals surface area (Å²) in [6.45, 7) is 4.98. The van der Waals surface area contributed by atoms with E-state index in [4.69, 9.17) is 43.0 Å². The number of hydrogen-bond donors (Lipinski definition) is 4. The molecule has 3 aromatic carbocycles. The van der Waals surface area contributed by atoms with Crippen LogP contribution in [-0.2, 0) is 54.9 Å². The van der Waals surface area contributed by atoms with Gasteiger partial charge in [-0.1, -0.05) is 69.2 Å². The molecule has 1 fully saturated rings. The highest BCUT2D eigenvalue weighted by Crippen LogP contribution is 2.53. The summed E-state index contributed by atoms with van der Waals surface area (Å²) in [5.74, 6) is -0.712. The van der Waals surface area contributed by atoms with Crippen molar-refractivity contribution in [2.75, 3.05) is 32.1 Å². The van der Waals surface area contributed by atoms with Crippen molar-refractivity contribution in [2.24, 2.45) is 0 Å². The van der Waals surface area contributed by atoms with Crippen LogP contribution in [-0.4, -0.2) is 85.2 Å². The Balaban J connectivity index is 1.50. The number of rotatable bonds is 21. The van der Waals surface area contributed by atoms with Crippen molar-refractivity contribution in [2.45, 2.75) is 90.2 Å². The van der Waals surface area contributed by atoms with Crippen molar-refractivity contribution in [3.05, 3.63) is 95.7 Å². The van der Waals surface area contributed by atoms with E-state index >= 15 is 0 Å². The van der Waals surface area contributed by atoms with Gasteiger partial charge in [0.1, 0.15) is 37.3 Å². The summed E-state index contributed by atoms with van der Waals surface area (Å²) in [5.41, 5.74) is 8.60. The van der Waals surface area contributed by atoms with Gasteiger partial charge in [0.05, 0.1) is 18.8 Å². The molecule has 0 bridgehead atoms. The van der Waals surface area contributed by atoms with Crippen LogP contribution in [0.4, 0.5) is 10.5 Å². The topological polar surface area (TPSA) is 216 Å². The van der Waals surface area contributed by atoms with Crippen LogP contribution in [0.15, 0.2) is 79.0 Å². The first-order chi connectivity index (χ1) is 28.0. The minimum atomic E-state index is -4.47. The lowest BCUT2D eigenvalue weighted by Crippen LogP contribution is -2.62. The molecule has 314 valence electrons. The summed E-state index contributed by atoms with van der Waals surface area (Å²) in [4.78, 5) is 41.2. The number of aliphatic hydroxyl groups is 1. The van der Waals surface area contributed by atoms with Crippen LogP contribution in [0.1, 0.15) is 67.9 Å². The monoisotopic (exact) mass is 825 g/mol. The van der Waals surface area contributed by atoms with Crippen LogP contribution in [0.5, 0.6) is 5.75 Å². The molecule has 0 unspecified atom stereocenters. The number of H-pyrrole nitrogens is 1. The van der Waals surface area contributed by atoms with Gasteiger partial charge in [0, 0.05) is 36.3 Å². The lowest BCUT2D eigenvalue weighted by molar-refractivity contribution is -0.276. The predicted molar refractivity (Wildman–Crippen MR) is 213 cm³/mol. The van der Waals surface area contributed by atoms with Gasteiger partial charge in [-0.3, -0.25) is 18.4 Å². The molecule has 5 rings (SSSR count). The summed E-state index contributed by atoms with van der Waals surface area (Å²) in [7, 11) is -4.47. The molecule has 1 amide bonds. The van der Waals surface area contributed by atoms with Gasteiger partial charge in [0.15, 0.2) is 6.10 Å². The molecule has 0 saturated carbocycles. The van der Waals surface area contributed by atoms with Gasteiger partial charge in [-0.2, -0.15) is 0 Å². The fraction of sp³-hybridized carbons (Fsp3) is 0.439. The maximum Gasteiger partial charge on any atom is 0.509 e. The standard InChI is InChI=1S/C41H52N3O13P/c1-4-6-21-52-58(49,53-22-7-5-2)57-37-36(46)35(26-50-39(47)31-15-11-12-16-33(31)42)55-40(38(37)56-41(48)51-25-28-13-9-8-10-14-28)54-30-17-18-34-32(23-30)29(24-44-34)19-20-43-27(3)45/h8-18,23-24,35-38,40,44,46H,4-7,19-22,25-26,42H2,1-3H3,(H,43,45)/t35-,36-,37+,38-,40-/m1/s1. The smallest absolute Gasteiger partial charge is 0.461 e. The predicted octanol–water partition coefficient (Wildman–Crippen LogP) is 6.60. The minimum Gasteiger partial charge on any atom is -0.461 e. The lowest BCUT2D eigenvalue weighted by atomic mass is 9.99. The van der Waals surface area contributed by atoms with E-state index in [9.17, 15) is 24.1 Å². The number of aliphatic hydroxyl groups excluding tert-OH is 1. The number of aromatic nitrogens is 1. The Hall–Kier alpha value is -4.96. The highest BCUT2D eigenvalue weighted by atomic mass is 31.2. The number of anilines is 1. The number of aromatic amines is 1. The number of carbonyl (C=O) groups excluding carboxylic acids is 3. The molecule has 1 saturated heterocycles. The molecular weight excluding hydrogens is 773 g/mol. The Bertz CT molecular complexity index is 1980. The van der Waals surface area contributed by atoms with Gasteiger partial charge < -0.3 is 44.8 Å². The van der Waals surface area contributed by atoms with Crippen LogP contribution >= 0.6 is 7.82 Å². The van der Waals surface area contributed by atoms with Gasteiger partial charge in [-0.25, -0.2) is 14.2 Å². The van der Waals surface area contributed by atoms with Crippen LogP contribution in [0.2, 0.25) is 0 Å². The van der Waals surface area contributed by atoms with Crippen LogP contribution in [0.3, 0.4) is 0 Å². The number of nitrogen functional groups attached to an aromatic ring is 1. The van der Waals surface area contributed by atoms with Crippen LogP contribution in [0, 0.1) is 0 Å². The normalized spacial score (nSPS) is 19.3. The van der Waals surface area contributed by atoms with E-state index in [1.54, 1.807) is 54.6 Å². The Morgan fingerprint density at radius 2 is 1.64 bits per heavy atom. The number of amides is 1. The lowest BCUT2D eigenvalue weighted by Gasteiger charge is -2.43. The second kappa shape index (κ2) is 21.7. The molecule has 2 heterocycles. The fourth-order valence-electron chi connectivity index (χ4n) is 5.98. The van der Waals surface area contributed by atoms with Gasteiger partial charge in [0.2, 0.25) is 12.2 Å². The molecule has 0 aliphatic carbocycles. The number of benzene rings is 3. The third kappa shape index (κ3) is 12.5. The zero-order chi connectivity index (χ0) is 41.5. The molecule has 16 nitrogen and oxygen atoms in total. The number of fused-ring (bicyclic) bond motifs is 1. The number of hydrogen-bond acceptors (Lipinski definition) is 14. The molecule has 5 atom stereocenters. The second-order valence-corrected chi connectivity index (χ2v) is 15.2. The Labute approximate surface area is 337 Å². The summed E-state index contributed by atoms with van der Waals surface area (Å²) in [6, 6.07) is 20.3. The summed E-state index contributed by atoms with van der Waals surface area (Å²) in [5, 5.41) is 15.5. The van der Waals surface area contributed by atoms with Crippen LogP contribution in [0.25, 0.3) is 10.9 Å². The third-order valence-electron chi connectivity index (χ3n) is 9.11. The number of phosphoric ester groups is 1. The molecule has 17 heteroatoms. The van der Waals surface area contributed by atoms with Gasteiger partial charge in [-0.05, 0) is 60.7 Å². The fourth-order valence-corrected chi connectivity index (χ4v) is 7.43. The van der Waals surface area contributed by atoms with E-state index in [1.165, 1.54) is 19.1 Å². The average Bonchev–Trinajstić information content (AvgIpc) is 3.61. The number of esters is 1. The quantitative estimate of drug-likeness (QED) is 0.0302. The first kappa shape index (κ1) is 44.1. The van der Waals surface area contributed by atoms with Crippen molar-refractivity contribution in [1.82, 2.24) is 10.3 Å². The molecule has 1 aromatic heterocycles. The van der Waals surface area contributed by atoms with E-state index in [2.05, 4.69) is 10.3 Å². The Morgan fingerprint density at radius 1 is 0.931 bits per heavy atom. The van der Waals surface area contributed by atoms with Crippen molar-refractivity contribution < 1.29 is 61.3 Å². The maximum atomic E-state index is 14.3. The van der Waals surface area contributed by atoms with Gasteiger partial charge in [-0.15, -0.1) is 0 Å². The molecule has 0 spiro atoms. The van der Waals surface area contributed by atoms with Gasteiger partial charge in [0.25, 0.3) is 0 Å². The zero-order valence-electron chi connectivity index (χ0n) is 32.8. The number of nitrogens with two attached hydrogens (primary N) is 1. The van der Waals surface area contributed by atoms with E-state index < -0.39 is 57.3 Å².